The standard InChI is InChI=1S/C19H29BrN4O2/c1-2-21-18(22-14-19(25)8-11-26-12-9-19)23-16-7-10-24(13-16)17-5-3-15(20)4-6-17/h3-6,16,25H,2,7-14H2,1H3,(H2,21,22,23). The first kappa shape index (κ1) is 19.5. The molecule has 2 aliphatic rings. The van der Waals surface area contributed by atoms with E-state index in [1.54, 1.807) is 0 Å². The molecule has 26 heavy (non-hydrogen) atoms. The zero-order chi connectivity index (χ0) is 18.4. The van der Waals surface area contributed by atoms with Crippen LogP contribution in [0, 0.1) is 0 Å². The van der Waals surface area contributed by atoms with Gasteiger partial charge in [-0.15, -0.1) is 0 Å². The Hall–Kier alpha value is -1.31. The lowest BCUT2D eigenvalue weighted by Crippen LogP contribution is -2.46. The van der Waals surface area contributed by atoms with E-state index in [0.717, 1.165) is 36.5 Å². The summed E-state index contributed by atoms with van der Waals surface area (Å²) in [6.07, 6.45) is 2.37. The van der Waals surface area contributed by atoms with Gasteiger partial charge in [0, 0.05) is 61.9 Å². The monoisotopic (exact) mass is 424 g/mol. The summed E-state index contributed by atoms with van der Waals surface area (Å²) >= 11 is 3.49. The molecular weight excluding hydrogens is 396 g/mol. The number of rotatable bonds is 5. The summed E-state index contributed by atoms with van der Waals surface area (Å²) in [5, 5.41) is 17.4. The first-order valence-corrected chi connectivity index (χ1v) is 10.2. The van der Waals surface area contributed by atoms with Crippen molar-refractivity contribution in [1.29, 1.82) is 0 Å². The number of aliphatic imine (C=N–C) groups is 1. The maximum atomic E-state index is 10.6. The number of hydrogen-bond acceptors (Lipinski definition) is 4. The lowest BCUT2D eigenvalue weighted by atomic mass is 9.95. The Balaban J connectivity index is 1.56. The van der Waals surface area contributed by atoms with Gasteiger partial charge < -0.3 is 25.4 Å². The number of hydrogen-bond donors (Lipinski definition) is 3. The fourth-order valence-electron chi connectivity index (χ4n) is 3.41. The van der Waals surface area contributed by atoms with Crippen LogP contribution < -0.4 is 15.5 Å². The highest BCUT2D eigenvalue weighted by molar-refractivity contribution is 9.10. The van der Waals surface area contributed by atoms with Crippen LogP contribution in [0.25, 0.3) is 0 Å². The molecule has 1 unspecified atom stereocenters. The first-order chi connectivity index (χ1) is 12.6. The molecular formula is C19H29BrN4O2. The van der Waals surface area contributed by atoms with E-state index in [1.165, 1.54) is 5.69 Å². The fraction of sp³-hybridized carbons (Fsp3) is 0.632. The van der Waals surface area contributed by atoms with Gasteiger partial charge in [0.15, 0.2) is 5.96 Å². The Morgan fingerprint density at radius 1 is 1.35 bits per heavy atom. The highest BCUT2D eigenvalue weighted by Gasteiger charge is 2.30. The van der Waals surface area contributed by atoms with Gasteiger partial charge in [0.05, 0.1) is 12.1 Å². The van der Waals surface area contributed by atoms with Gasteiger partial charge in [-0.1, -0.05) is 15.9 Å². The zero-order valence-electron chi connectivity index (χ0n) is 15.4. The molecule has 3 rings (SSSR count). The third kappa shape index (κ3) is 5.34. The molecule has 0 saturated carbocycles. The summed E-state index contributed by atoms with van der Waals surface area (Å²) in [6, 6.07) is 8.80. The molecule has 144 valence electrons. The maximum absolute atomic E-state index is 10.6. The van der Waals surface area contributed by atoms with E-state index in [-0.39, 0.29) is 0 Å². The Morgan fingerprint density at radius 2 is 2.08 bits per heavy atom. The quantitative estimate of drug-likeness (QED) is 0.498. The van der Waals surface area contributed by atoms with Crippen molar-refractivity contribution in [3.05, 3.63) is 28.7 Å². The fourth-order valence-corrected chi connectivity index (χ4v) is 3.68. The first-order valence-electron chi connectivity index (χ1n) is 9.43. The van der Waals surface area contributed by atoms with Gasteiger partial charge >= 0.3 is 0 Å². The van der Waals surface area contributed by atoms with Gasteiger partial charge in [0.2, 0.25) is 0 Å². The van der Waals surface area contributed by atoms with Gasteiger partial charge in [-0.05, 0) is 37.6 Å². The summed E-state index contributed by atoms with van der Waals surface area (Å²) in [4.78, 5) is 7.03. The van der Waals surface area contributed by atoms with Crippen molar-refractivity contribution in [2.24, 2.45) is 4.99 Å². The second-order valence-corrected chi connectivity index (χ2v) is 8.00. The van der Waals surface area contributed by atoms with Crippen LogP contribution in [0.2, 0.25) is 0 Å². The van der Waals surface area contributed by atoms with Gasteiger partial charge in [-0.3, -0.25) is 4.99 Å². The van der Waals surface area contributed by atoms with E-state index in [4.69, 9.17) is 4.74 Å². The van der Waals surface area contributed by atoms with Crippen LogP contribution in [0.5, 0.6) is 0 Å². The van der Waals surface area contributed by atoms with Gasteiger partial charge in [-0.2, -0.15) is 0 Å². The summed E-state index contributed by atoms with van der Waals surface area (Å²) in [5.74, 6) is 0.787. The van der Waals surface area contributed by atoms with Crippen LogP contribution in [0.3, 0.4) is 0 Å². The number of nitrogens with zero attached hydrogens (tertiary/aromatic N) is 2. The molecule has 3 N–H and O–H groups in total. The minimum atomic E-state index is -0.736. The van der Waals surface area contributed by atoms with E-state index in [0.29, 0.717) is 38.6 Å². The smallest absolute Gasteiger partial charge is 0.191 e. The van der Waals surface area contributed by atoms with Gasteiger partial charge in [0.1, 0.15) is 0 Å². The van der Waals surface area contributed by atoms with Crippen LogP contribution in [0.4, 0.5) is 5.69 Å². The van der Waals surface area contributed by atoms with E-state index in [1.807, 2.05) is 0 Å². The number of benzene rings is 1. The normalized spacial score (nSPS) is 23.1. The molecule has 1 aromatic rings. The number of nitrogens with one attached hydrogen (secondary N) is 2. The van der Waals surface area contributed by atoms with Crippen LogP contribution in [-0.4, -0.2) is 62.1 Å². The second-order valence-electron chi connectivity index (χ2n) is 7.08. The van der Waals surface area contributed by atoms with Crippen LogP contribution >= 0.6 is 15.9 Å². The molecule has 2 fully saturated rings. The molecule has 0 amide bonds. The van der Waals surface area contributed by atoms with Crippen molar-refractivity contribution in [3.8, 4) is 0 Å². The summed E-state index contributed by atoms with van der Waals surface area (Å²) in [5.41, 5.74) is 0.510. The Kier molecular flexibility index (Phi) is 6.78. The van der Waals surface area contributed by atoms with Crippen molar-refractivity contribution < 1.29 is 9.84 Å². The molecule has 2 saturated heterocycles. The molecule has 0 aromatic heterocycles. The van der Waals surface area contributed by atoms with Gasteiger partial charge in [-0.25, -0.2) is 0 Å². The third-order valence-electron chi connectivity index (χ3n) is 5.02. The maximum Gasteiger partial charge on any atom is 0.191 e. The minimum absolute atomic E-state index is 0.348. The van der Waals surface area contributed by atoms with Gasteiger partial charge in [0.25, 0.3) is 0 Å². The van der Waals surface area contributed by atoms with Crippen molar-refractivity contribution in [2.75, 3.05) is 44.3 Å². The van der Waals surface area contributed by atoms with E-state index in [9.17, 15) is 5.11 Å². The zero-order valence-corrected chi connectivity index (χ0v) is 17.0. The molecule has 1 aromatic carbocycles. The molecule has 2 heterocycles. The van der Waals surface area contributed by atoms with Crippen LogP contribution in [0.1, 0.15) is 26.2 Å². The Morgan fingerprint density at radius 3 is 2.77 bits per heavy atom. The van der Waals surface area contributed by atoms with E-state index < -0.39 is 5.60 Å². The van der Waals surface area contributed by atoms with E-state index in [2.05, 4.69) is 67.6 Å². The number of guanidine groups is 1. The number of anilines is 1. The van der Waals surface area contributed by atoms with Crippen molar-refractivity contribution in [2.45, 2.75) is 37.8 Å². The minimum Gasteiger partial charge on any atom is -0.388 e. The molecule has 6 nitrogen and oxygen atoms in total. The predicted octanol–water partition coefficient (Wildman–Crippen LogP) is 2.12. The van der Waals surface area contributed by atoms with Crippen LogP contribution in [-0.2, 0) is 4.74 Å². The molecule has 0 spiro atoms. The van der Waals surface area contributed by atoms with Crippen LogP contribution in [0.15, 0.2) is 33.7 Å². The molecule has 0 radical (unpaired) electrons. The highest BCUT2D eigenvalue weighted by Crippen LogP contribution is 2.23. The lowest BCUT2D eigenvalue weighted by molar-refractivity contribution is -0.0566. The van der Waals surface area contributed by atoms with Crippen molar-refractivity contribution >= 4 is 27.6 Å². The predicted molar refractivity (Wildman–Crippen MR) is 109 cm³/mol. The summed E-state index contributed by atoms with van der Waals surface area (Å²) < 4.78 is 6.44. The third-order valence-corrected chi connectivity index (χ3v) is 5.55. The largest absolute Gasteiger partial charge is 0.388 e. The topological polar surface area (TPSA) is 69.1 Å². The molecule has 0 bridgehead atoms. The summed E-state index contributed by atoms with van der Waals surface area (Å²) in [7, 11) is 0. The molecule has 7 heteroatoms. The molecule has 2 aliphatic heterocycles. The average Bonchev–Trinajstić information content (AvgIpc) is 3.10. The number of aliphatic hydroxyl groups is 1. The van der Waals surface area contributed by atoms with E-state index >= 15 is 0 Å². The number of ether oxygens (including phenoxy) is 1. The Bertz CT molecular complexity index is 602. The lowest BCUT2D eigenvalue weighted by Gasteiger charge is -2.30. The highest BCUT2D eigenvalue weighted by atomic mass is 79.9. The van der Waals surface area contributed by atoms with Crippen molar-refractivity contribution in [3.63, 3.8) is 0 Å². The number of halogens is 1. The summed E-state index contributed by atoms with van der Waals surface area (Å²) in [6.45, 7) is 6.47. The molecule has 0 aliphatic carbocycles. The van der Waals surface area contributed by atoms with Crippen molar-refractivity contribution in [1.82, 2.24) is 10.6 Å². The Labute approximate surface area is 164 Å². The average molecular weight is 425 g/mol. The molecule has 1 atom stereocenters. The second kappa shape index (κ2) is 9.06. The SMILES string of the molecule is CCNC(=NCC1(O)CCOCC1)NC1CCN(c2ccc(Br)cc2)C1.